The smallest absolute Gasteiger partial charge is 0.269 e. The van der Waals surface area contributed by atoms with Gasteiger partial charge in [-0.1, -0.05) is 122 Å². The average molecular weight is 1580 g/mol. The number of non-ortho nitro benzene ring substituents is 1. The number of nitrogens with zero attached hydrogens (tertiary/aromatic N) is 9. The number of sulfone groups is 1. The van der Waals surface area contributed by atoms with Crippen molar-refractivity contribution in [1.82, 2.24) is 49.6 Å². The molecule has 2 aliphatic heterocycles. The quantitative estimate of drug-likeness (QED) is 0.00862. The van der Waals surface area contributed by atoms with Gasteiger partial charge in [-0.05, 0) is 117 Å². The number of amides is 5. The van der Waals surface area contributed by atoms with Crippen LogP contribution in [0.15, 0.2) is 215 Å². The summed E-state index contributed by atoms with van der Waals surface area (Å²) in [6.45, 7) is 15.7. The predicted molar refractivity (Wildman–Crippen MR) is 430 cm³/mol. The second kappa shape index (κ2) is 38.4. The molecule has 1 aromatic heterocycles. The molecule has 1 saturated heterocycles. The standard InChI is InChI=1S/C77H87N11O11S.C7H7NO4S/c1-7-83(8-2)58-31-35-64-69(45-58)99-70-46-59(84(9-3)10-4)32-36-65(70)74(64)62-23-17-18-24-63(62)77(96)86-41-39-85(40-42-86)73(93)38-37-71(91)78-48-72(92)80-66(43-53-25-29-56(30-26-53)75(94)55-19-13-11-14-20-55)76(95)79-47-57-50-88(82-81-57)67(44-54-27-33-60(89)34-28-54)68(90)51-87(49-52(5)6)100(97,98)61-21-15-12-16-22-61;1-13(11,12)7-4-2-6(3-5-7)8(9)10/h11-36,45-46,50,52,66-68,90H,7-10,37-44,47-49,51H2,1-6H3,(H3-,78,79,80,89,91,92,95);2-5H,1H3/p+1/t66-,67-,68?;/m0./s1. The Labute approximate surface area is 657 Å². The maximum Gasteiger partial charge on any atom is 0.269 e. The molecule has 27 nitrogen and oxygen atoms in total. The summed E-state index contributed by atoms with van der Waals surface area (Å²) in [7, 11) is -7.32. The van der Waals surface area contributed by atoms with Gasteiger partial charge in [-0.2, -0.15) is 4.31 Å². The average Bonchev–Trinajstić information content (AvgIpc) is 1.03. The molecule has 1 unspecified atom stereocenters. The largest absolute Gasteiger partial charge is 0.508 e. The fraction of sp³-hybridized carbons (Fsp3) is 0.321. The molecule has 1 fully saturated rings. The van der Waals surface area contributed by atoms with Gasteiger partial charge in [0, 0.05) is 141 Å². The van der Waals surface area contributed by atoms with E-state index in [1.807, 2.05) is 44.2 Å². The Morgan fingerprint density at radius 2 is 1.27 bits per heavy atom. The Morgan fingerprint density at radius 1 is 0.655 bits per heavy atom. The zero-order valence-electron chi connectivity index (χ0n) is 64.2. The molecule has 3 aliphatic rings. The summed E-state index contributed by atoms with van der Waals surface area (Å²) in [5, 5.41) is 51.0. The first kappa shape index (κ1) is 83.7. The third-order valence-electron chi connectivity index (χ3n) is 19.6. The highest BCUT2D eigenvalue weighted by atomic mass is 32.2. The highest BCUT2D eigenvalue weighted by molar-refractivity contribution is 7.90. The SMILES string of the molecule is CCN(CC)c1ccc2c(-c3ccccc3C(=O)N3CCN(C(=O)CCC(=O)NCC(=O)N[C@@H](Cc4ccc(C(=O)c5ccccc5)cc4)C(=O)NCc4cn([C@@H](Cc5ccc(O)cc5)C(O)CN(CC(C)C)S(=O)(=O)c5ccccc5)nn4)CC3)c3ccc(=[N+](CC)CC)cc-3oc2c1.CS(=O)(=O)c1ccc([N+](=O)[O-])cc1. The monoisotopic (exact) mass is 1580 g/mol. The minimum atomic E-state index is -4.05. The summed E-state index contributed by atoms with van der Waals surface area (Å²) >= 11 is 0. The number of aliphatic hydroxyl groups excluding tert-OH is 1. The predicted octanol–water partition coefficient (Wildman–Crippen LogP) is 9.11. The zero-order chi connectivity index (χ0) is 81.1. The van der Waals surface area contributed by atoms with Crippen LogP contribution < -0.4 is 30.8 Å². The van der Waals surface area contributed by atoms with E-state index in [9.17, 15) is 65.9 Å². The van der Waals surface area contributed by atoms with E-state index in [0.717, 1.165) is 77.7 Å². The molecular formula is C84H95N12O15S2+. The van der Waals surface area contributed by atoms with Gasteiger partial charge in [0.05, 0.1) is 52.2 Å². The normalized spacial score (nSPS) is 13.2. The number of phenols is 1. The number of nitro benzene ring substituents is 1. The van der Waals surface area contributed by atoms with Gasteiger partial charge in [0.2, 0.25) is 39.0 Å². The van der Waals surface area contributed by atoms with Crippen LogP contribution in [0.2, 0.25) is 0 Å². The highest BCUT2D eigenvalue weighted by Gasteiger charge is 2.34. The fourth-order valence-corrected chi connectivity index (χ4v) is 15.8. The second-order valence-corrected chi connectivity index (χ2v) is 31.8. The van der Waals surface area contributed by atoms with Crippen molar-refractivity contribution in [3.63, 3.8) is 0 Å². The van der Waals surface area contributed by atoms with E-state index in [4.69, 9.17) is 4.42 Å². The van der Waals surface area contributed by atoms with Crippen LogP contribution in [0, 0.1) is 16.0 Å². The number of nitro groups is 1. The van der Waals surface area contributed by atoms with Crippen molar-refractivity contribution in [2.75, 3.05) is 83.1 Å². The molecule has 7 aromatic carbocycles. The van der Waals surface area contributed by atoms with Crippen LogP contribution >= 0.6 is 0 Å². The molecule has 0 saturated carbocycles. The molecule has 3 heterocycles. The number of hydrogen-bond donors (Lipinski definition) is 5. The van der Waals surface area contributed by atoms with E-state index in [-0.39, 0.29) is 122 Å². The number of anilines is 1. The first-order valence-electron chi connectivity index (χ1n) is 37.5. The molecule has 11 rings (SSSR count). The van der Waals surface area contributed by atoms with Crippen molar-refractivity contribution < 1.29 is 65.2 Å². The van der Waals surface area contributed by atoms with E-state index >= 15 is 0 Å². The van der Waals surface area contributed by atoms with E-state index in [0.29, 0.717) is 39.2 Å². The number of nitrogens with one attached hydrogen (secondary N) is 3. The van der Waals surface area contributed by atoms with E-state index in [2.05, 4.69) is 99.8 Å². The maximum absolute atomic E-state index is 14.7. The van der Waals surface area contributed by atoms with Crippen LogP contribution in [-0.2, 0) is 58.4 Å². The summed E-state index contributed by atoms with van der Waals surface area (Å²) in [6, 6.07) is 52.5. The molecule has 0 radical (unpaired) electrons. The van der Waals surface area contributed by atoms with Gasteiger partial charge in [0.15, 0.2) is 15.6 Å². The number of aromatic hydroxyl groups is 1. The molecule has 5 amide bonds. The number of ketones is 1. The van der Waals surface area contributed by atoms with E-state index < -0.39 is 67.2 Å². The van der Waals surface area contributed by atoms with Crippen molar-refractivity contribution in [3.8, 4) is 28.2 Å². The number of phenolic OH excluding ortho intramolecular Hbond substituents is 1. The molecule has 113 heavy (non-hydrogen) atoms. The summed E-state index contributed by atoms with van der Waals surface area (Å²) < 4.78 is 61.6. The molecule has 8 aromatic rings. The van der Waals surface area contributed by atoms with Gasteiger partial charge in [-0.15, -0.1) is 5.10 Å². The number of aromatic nitrogens is 3. The lowest BCUT2D eigenvalue weighted by molar-refractivity contribution is -0.384. The highest BCUT2D eigenvalue weighted by Crippen LogP contribution is 2.43. The molecule has 5 N–H and O–H groups in total. The van der Waals surface area contributed by atoms with Crippen LogP contribution in [0.5, 0.6) is 5.75 Å². The molecule has 1 aliphatic carbocycles. The first-order valence-corrected chi connectivity index (χ1v) is 40.9. The van der Waals surface area contributed by atoms with Crippen LogP contribution in [0.4, 0.5) is 11.4 Å². The van der Waals surface area contributed by atoms with Crippen LogP contribution in [-0.4, -0.2) is 187 Å². The molecular weight excluding hydrogens is 1480 g/mol. The van der Waals surface area contributed by atoms with Gasteiger partial charge in [-0.25, -0.2) is 26.1 Å². The number of hydrogen-bond acceptors (Lipinski definition) is 18. The number of rotatable bonds is 32. The van der Waals surface area contributed by atoms with Crippen LogP contribution in [0.25, 0.3) is 33.4 Å². The Balaban J connectivity index is 0.000000944. The van der Waals surface area contributed by atoms with Crippen molar-refractivity contribution in [1.29, 1.82) is 0 Å². The fourth-order valence-electron chi connectivity index (χ4n) is 13.5. The Bertz CT molecular complexity index is 5280. The van der Waals surface area contributed by atoms with Crippen molar-refractivity contribution in [2.45, 2.75) is 102 Å². The van der Waals surface area contributed by atoms with Crippen molar-refractivity contribution >= 4 is 77.5 Å². The Kier molecular flexibility index (Phi) is 28.5. The number of aliphatic hydroxyl groups is 1. The molecule has 29 heteroatoms. The number of piperazine rings is 1. The third kappa shape index (κ3) is 21.7. The number of benzene rings is 8. The lowest BCUT2D eigenvalue weighted by atomic mass is 9.90. The van der Waals surface area contributed by atoms with Gasteiger partial charge >= 0.3 is 0 Å². The summed E-state index contributed by atoms with van der Waals surface area (Å²) in [4.78, 5) is 98.6. The van der Waals surface area contributed by atoms with Gasteiger partial charge < -0.3 is 45.3 Å². The van der Waals surface area contributed by atoms with Gasteiger partial charge in [-0.3, -0.25) is 38.9 Å². The zero-order valence-corrected chi connectivity index (χ0v) is 65.9. The minimum absolute atomic E-state index is 0.0339. The number of carbonyl (C=O) groups excluding carboxylic acids is 6. The first-order chi connectivity index (χ1) is 54.2. The topological polar surface area (TPSA) is 350 Å². The maximum atomic E-state index is 14.7. The Morgan fingerprint density at radius 3 is 1.91 bits per heavy atom. The third-order valence-corrected chi connectivity index (χ3v) is 22.6. The van der Waals surface area contributed by atoms with E-state index in [1.54, 1.807) is 88.7 Å². The number of fused-ring (bicyclic) bond motifs is 2. The Hall–Kier alpha value is -11.8. The van der Waals surface area contributed by atoms with Gasteiger partial charge in [0.1, 0.15) is 41.9 Å². The van der Waals surface area contributed by atoms with E-state index in [1.165, 1.54) is 51.6 Å². The second-order valence-electron chi connectivity index (χ2n) is 27.9. The molecule has 3 atom stereocenters. The molecule has 0 bridgehead atoms. The summed E-state index contributed by atoms with van der Waals surface area (Å²) in [5.74, 6) is -1.92. The summed E-state index contributed by atoms with van der Waals surface area (Å²) in [5.41, 5.74) is 7.14. The van der Waals surface area contributed by atoms with Crippen LogP contribution in [0.3, 0.4) is 0 Å². The lowest BCUT2D eigenvalue weighted by Crippen LogP contribution is -2.51. The number of sulfonamides is 1. The van der Waals surface area contributed by atoms with Crippen molar-refractivity contribution in [2.24, 2.45) is 5.92 Å². The lowest BCUT2D eigenvalue weighted by Gasteiger charge is -2.35. The summed E-state index contributed by atoms with van der Waals surface area (Å²) in [6.07, 6.45) is 0.972. The molecule has 0 spiro atoms. The van der Waals surface area contributed by atoms with Crippen molar-refractivity contribution in [3.05, 3.63) is 249 Å². The van der Waals surface area contributed by atoms with Gasteiger partial charge in [0.25, 0.3) is 11.6 Å². The van der Waals surface area contributed by atoms with Crippen LogP contribution in [0.1, 0.15) is 104 Å². The molecule has 592 valence electrons. The number of carbonyl (C=O) groups is 6. The minimum Gasteiger partial charge on any atom is -0.508 e.